The van der Waals surface area contributed by atoms with E-state index in [0.717, 1.165) is 5.69 Å². The molecule has 9 heteroatoms. The summed E-state index contributed by atoms with van der Waals surface area (Å²) in [6.07, 6.45) is 4.77. The van der Waals surface area contributed by atoms with Crippen LogP contribution in [0.4, 0.5) is 5.69 Å². The number of hydrogen-bond acceptors (Lipinski definition) is 6. The third-order valence-corrected chi connectivity index (χ3v) is 5.88. The Morgan fingerprint density at radius 3 is 2.47 bits per heavy atom. The van der Waals surface area contributed by atoms with E-state index in [4.69, 9.17) is 4.74 Å². The second-order valence-electron chi connectivity index (χ2n) is 8.04. The van der Waals surface area contributed by atoms with Crippen LogP contribution in [0.5, 0.6) is 0 Å². The summed E-state index contributed by atoms with van der Waals surface area (Å²) in [5, 5.41) is 7.18. The van der Waals surface area contributed by atoms with Gasteiger partial charge >= 0.3 is 5.97 Å². The number of rotatable bonds is 7. The molecule has 0 aliphatic carbocycles. The van der Waals surface area contributed by atoms with Crippen molar-refractivity contribution in [3.05, 3.63) is 72.2 Å². The molecule has 1 fully saturated rings. The van der Waals surface area contributed by atoms with Crippen molar-refractivity contribution in [1.82, 2.24) is 19.7 Å². The molecule has 0 saturated carbocycles. The molecule has 176 valence electrons. The first-order valence-electron chi connectivity index (χ1n) is 11.4. The van der Waals surface area contributed by atoms with E-state index < -0.39 is 5.97 Å². The number of ether oxygens (including phenoxy) is 1. The van der Waals surface area contributed by atoms with Crippen LogP contribution in [0.3, 0.4) is 0 Å². The number of pyridine rings is 1. The Bertz CT molecular complexity index is 1140. The highest BCUT2D eigenvalue weighted by Crippen LogP contribution is 2.20. The molecule has 9 nitrogen and oxygen atoms in total. The van der Waals surface area contributed by atoms with Gasteiger partial charge in [0.15, 0.2) is 12.4 Å². The number of hydrogen-bond donors (Lipinski definition) is 1. The highest BCUT2D eigenvalue weighted by molar-refractivity contribution is 5.93. The Morgan fingerprint density at radius 1 is 1.06 bits per heavy atom. The first-order valence-corrected chi connectivity index (χ1v) is 11.4. The Hall–Kier alpha value is -4.01. The van der Waals surface area contributed by atoms with Crippen LogP contribution in [0, 0.1) is 5.92 Å². The average Bonchev–Trinajstić information content (AvgIpc) is 3.32. The van der Waals surface area contributed by atoms with Crippen molar-refractivity contribution in [3.63, 3.8) is 0 Å². The molecule has 34 heavy (non-hydrogen) atoms. The summed E-state index contributed by atoms with van der Waals surface area (Å²) in [6, 6.07) is 14.8. The zero-order valence-corrected chi connectivity index (χ0v) is 19.0. The number of benzene rings is 1. The molecule has 0 unspecified atom stereocenters. The second-order valence-corrected chi connectivity index (χ2v) is 8.04. The van der Waals surface area contributed by atoms with E-state index in [9.17, 15) is 14.4 Å². The van der Waals surface area contributed by atoms with Crippen LogP contribution in [-0.2, 0) is 20.7 Å². The molecule has 3 heterocycles. The van der Waals surface area contributed by atoms with Gasteiger partial charge in [-0.25, -0.2) is 14.5 Å². The van der Waals surface area contributed by atoms with Crippen molar-refractivity contribution < 1.29 is 19.1 Å². The normalized spacial score (nSPS) is 14.0. The topological polar surface area (TPSA) is 106 Å². The van der Waals surface area contributed by atoms with E-state index in [2.05, 4.69) is 15.4 Å². The van der Waals surface area contributed by atoms with Crippen molar-refractivity contribution in [3.8, 4) is 5.82 Å². The van der Waals surface area contributed by atoms with Gasteiger partial charge in [0.05, 0.1) is 11.9 Å². The average molecular weight is 462 g/mol. The number of carbonyl (C=O) groups is 3. The third kappa shape index (κ3) is 5.31. The molecule has 4 rings (SSSR count). The second kappa shape index (κ2) is 10.7. The lowest BCUT2D eigenvalue weighted by molar-refractivity contribution is -0.137. The highest BCUT2D eigenvalue weighted by Gasteiger charge is 2.28. The summed E-state index contributed by atoms with van der Waals surface area (Å²) >= 11 is 0. The minimum Gasteiger partial charge on any atom is -0.452 e. The van der Waals surface area contributed by atoms with Gasteiger partial charge in [-0.05, 0) is 43.5 Å². The van der Waals surface area contributed by atoms with Gasteiger partial charge in [0, 0.05) is 30.9 Å². The smallest absolute Gasteiger partial charge is 0.342 e. The van der Waals surface area contributed by atoms with Gasteiger partial charge in [-0.15, -0.1) is 0 Å². The Balaban J connectivity index is 1.28. The molecule has 1 saturated heterocycles. The number of esters is 1. The molecular formula is C25H27N5O4. The Labute approximate surface area is 197 Å². The van der Waals surface area contributed by atoms with E-state index in [-0.39, 0.29) is 24.3 Å². The fraction of sp³-hybridized carbons (Fsp3) is 0.320. The van der Waals surface area contributed by atoms with Gasteiger partial charge in [0.25, 0.3) is 5.91 Å². The van der Waals surface area contributed by atoms with Gasteiger partial charge in [-0.2, -0.15) is 5.10 Å². The molecule has 1 aliphatic rings. The van der Waals surface area contributed by atoms with E-state index in [1.807, 2.05) is 43.3 Å². The number of likely N-dealkylation sites (tertiary alicyclic amines) is 1. The third-order valence-electron chi connectivity index (χ3n) is 5.88. The Morgan fingerprint density at radius 2 is 1.79 bits per heavy atom. The number of nitrogens with zero attached hydrogens (tertiary/aromatic N) is 4. The van der Waals surface area contributed by atoms with Crippen molar-refractivity contribution in [1.29, 1.82) is 0 Å². The number of piperidine rings is 1. The number of nitrogens with one attached hydrogen (secondary N) is 1. The molecule has 0 spiro atoms. The summed E-state index contributed by atoms with van der Waals surface area (Å²) in [7, 11) is 0. The van der Waals surface area contributed by atoms with E-state index in [1.54, 1.807) is 27.9 Å². The molecule has 1 N–H and O–H groups in total. The standard InChI is InChI=1S/C25H27N5O4/c1-2-21-20(16-27-30(21)22-10-6-7-13-26-22)25(33)34-17-23(31)29-14-11-18(12-15-29)24(32)28-19-8-4-3-5-9-19/h3-10,13,16,18H,2,11-12,14-15,17H2,1H3,(H,28,32). The lowest BCUT2D eigenvalue weighted by Crippen LogP contribution is -2.43. The zero-order chi connectivity index (χ0) is 23.9. The van der Waals surface area contributed by atoms with Crippen molar-refractivity contribution >= 4 is 23.5 Å². The summed E-state index contributed by atoms with van der Waals surface area (Å²) in [4.78, 5) is 43.6. The maximum absolute atomic E-state index is 12.7. The van der Waals surface area contributed by atoms with Crippen LogP contribution in [0.1, 0.15) is 35.8 Å². The van der Waals surface area contributed by atoms with E-state index in [1.165, 1.54) is 6.20 Å². The van der Waals surface area contributed by atoms with Gasteiger partial charge in [-0.3, -0.25) is 9.59 Å². The minimum atomic E-state index is -0.593. The summed E-state index contributed by atoms with van der Waals surface area (Å²) in [5.74, 6) is -0.457. The molecule has 2 aromatic heterocycles. The maximum atomic E-state index is 12.7. The molecule has 0 bridgehead atoms. The highest BCUT2D eigenvalue weighted by atomic mass is 16.5. The first-order chi connectivity index (χ1) is 16.6. The number of aromatic nitrogens is 3. The maximum Gasteiger partial charge on any atom is 0.342 e. The monoisotopic (exact) mass is 461 g/mol. The lowest BCUT2D eigenvalue weighted by Gasteiger charge is -2.31. The first kappa shape index (κ1) is 23.2. The molecular weight excluding hydrogens is 434 g/mol. The SMILES string of the molecule is CCc1c(C(=O)OCC(=O)N2CCC(C(=O)Nc3ccccc3)CC2)cnn1-c1ccccn1. The van der Waals surface area contributed by atoms with Gasteiger partial charge in [0.1, 0.15) is 5.56 Å². The fourth-order valence-electron chi connectivity index (χ4n) is 4.01. The molecule has 1 aliphatic heterocycles. The number of carbonyl (C=O) groups excluding carboxylic acids is 3. The lowest BCUT2D eigenvalue weighted by atomic mass is 9.95. The van der Waals surface area contributed by atoms with Crippen LogP contribution in [0.25, 0.3) is 5.82 Å². The number of anilines is 1. The van der Waals surface area contributed by atoms with Crippen LogP contribution in [0.15, 0.2) is 60.9 Å². The van der Waals surface area contributed by atoms with Crippen LogP contribution in [0.2, 0.25) is 0 Å². The van der Waals surface area contributed by atoms with Crippen molar-refractivity contribution in [2.75, 3.05) is 25.0 Å². The van der Waals surface area contributed by atoms with Gasteiger partial charge in [0.2, 0.25) is 5.91 Å². The van der Waals surface area contributed by atoms with Gasteiger partial charge in [-0.1, -0.05) is 31.2 Å². The quantitative estimate of drug-likeness (QED) is 0.543. The predicted molar refractivity (Wildman–Crippen MR) is 125 cm³/mol. The largest absolute Gasteiger partial charge is 0.452 e. The van der Waals surface area contributed by atoms with E-state index >= 15 is 0 Å². The van der Waals surface area contributed by atoms with Crippen molar-refractivity contribution in [2.45, 2.75) is 26.2 Å². The molecule has 0 radical (unpaired) electrons. The van der Waals surface area contributed by atoms with Crippen LogP contribution >= 0.6 is 0 Å². The number of amides is 2. The van der Waals surface area contributed by atoms with Crippen molar-refractivity contribution in [2.24, 2.45) is 5.92 Å². The summed E-state index contributed by atoms with van der Waals surface area (Å²) < 4.78 is 6.91. The summed E-state index contributed by atoms with van der Waals surface area (Å²) in [5.41, 5.74) is 1.74. The minimum absolute atomic E-state index is 0.0401. The molecule has 0 atom stereocenters. The molecule has 1 aromatic carbocycles. The predicted octanol–water partition coefficient (Wildman–Crippen LogP) is 2.86. The fourth-order valence-corrected chi connectivity index (χ4v) is 4.01. The molecule has 3 aromatic rings. The zero-order valence-electron chi connectivity index (χ0n) is 19.0. The van der Waals surface area contributed by atoms with Crippen LogP contribution in [-0.4, -0.2) is 57.1 Å². The van der Waals surface area contributed by atoms with Crippen LogP contribution < -0.4 is 5.32 Å². The van der Waals surface area contributed by atoms with E-state index in [0.29, 0.717) is 49.4 Å². The summed E-state index contributed by atoms with van der Waals surface area (Å²) in [6.45, 7) is 2.45. The molecule has 2 amide bonds. The Kier molecular flexibility index (Phi) is 7.31. The van der Waals surface area contributed by atoms with Gasteiger partial charge < -0.3 is 15.0 Å². The number of para-hydroxylation sites is 1.